The van der Waals surface area contributed by atoms with Gasteiger partial charge in [0.15, 0.2) is 0 Å². The molecule has 18 heavy (non-hydrogen) atoms. The van der Waals surface area contributed by atoms with E-state index >= 15 is 0 Å². The van der Waals surface area contributed by atoms with E-state index in [9.17, 15) is 22.8 Å². The molecule has 0 aromatic carbocycles. The van der Waals surface area contributed by atoms with Crippen LogP contribution in [0.15, 0.2) is 0 Å². The highest BCUT2D eigenvalue weighted by atomic mass is 19.4. The largest absolute Gasteiger partial charge is 0.481 e. The Balaban J connectivity index is 2.28. The molecule has 1 aliphatic heterocycles. The molecule has 0 aromatic heterocycles. The van der Waals surface area contributed by atoms with E-state index in [0.717, 1.165) is 4.90 Å². The Morgan fingerprint density at radius 3 is 2.28 bits per heavy atom. The third kappa shape index (κ3) is 4.52. The van der Waals surface area contributed by atoms with Gasteiger partial charge in [-0.2, -0.15) is 13.2 Å². The summed E-state index contributed by atoms with van der Waals surface area (Å²) < 4.78 is 41.6. The smallest absolute Gasteiger partial charge is 0.471 e. The Morgan fingerprint density at radius 1 is 1.28 bits per heavy atom. The fourth-order valence-corrected chi connectivity index (χ4v) is 1.72. The average Bonchev–Trinajstić information content (AvgIpc) is 2.27. The molecule has 0 aromatic rings. The minimum absolute atomic E-state index is 0.0178. The maximum Gasteiger partial charge on any atom is 0.471 e. The number of likely N-dealkylation sites (tertiary alicyclic amines) is 1. The number of nitrogens with zero attached hydrogens (tertiary/aromatic N) is 1. The number of hydrogen-bond acceptors (Lipinski definition) is 3. The van der Waals surface area contributed by atoms with Gasteiger partial charge in [-0.25, -0.2) is 0 Å². The van der Waals surface area contributed by atoms with Crippen LogP contribution >= 0.6 is 0 Å². The van der Waals surface area contributed by atoms with Crippen LogP contribution in [0.25, 0.3) is 0 Å². The first-order valence-electron chi connectivity index (χ1n) is 5.50. The standard InChI is InChI=1S/C10H14F3NO4/c11-10(12,13)9(17)14-4-1-7(2-5-14)18-6-3-8(15)16/h7H,1-6H2,(H,15,16). The van der Waals surface area contributed by atoms with E-state index in [2.05, 4.69) is 0 Å². The molecule has 104 valence electrons. The molecule has 0 spiro atoms. The van der Waals surface area contributed by atoms with Crippen molar-refractivity contribution in [2.24, 2.45) is 0 Å². The van der Waals surface area contributed by atoms with Crippen LogP contribution in [0.3, 0.4) is 0 Å². The number of carboxylic acids is 1. The van der Waals surface area contributed by atoms with Crippen LogP contribution in [0.2, 0.25) is 0 Å². The van der Waals surface area contributed by atoms with Crippen molar-refractivity contribution in [2.45, 2.75) is 31.5 Å². The van der Waals surface area contributed by atoms with E-state index in [-0.39, 0.29) is 32.2 Å². The summed E-state index contributed by atoms with van der Waals surface area (Å²) in [5, 5.41) is 8.39. The van der Waals surface area contributed by atoms with Crippen molar-refractivity contribution in [1.29, 1.82) is 0 Å². The zero-order valence-corrected chi connectivity index (χ0v) is 9.57. The van der Waals surface area contributed by atoms with Crippen molar-refractivity contribution in [3.63, 3.8) is 0 Å². The summed E-state index contributed by atoms with van der Waals surface area (Å²) in [5.74, 6) is -2.81. The van der Waals surface area contributed by atoms with Gasteiger partial charge in [-0.15, -0.1) is 0 Å². The summed E-state index contributed by atoms with van der Waals surface area (Å²) in [4.78, 5) is 21.9. The molecule has 0 unspecified atom stereocenters. The second-order valence-electron chi connectivity index (χ2n) is 4.00. The molecule has 1 rings (SSSR count). The molecule has 1 amide bonds. The van der Waals surface area contributed by atoms with Gasteiger partial charge in [0.1, 0.15) is 0 Å². The van der Waals surface area contributed by atoms with E-state index in [1.807, 2.05) is 0 Å². The summed E-state index contributed by atoms with van der Waals surface area (Å²) in [5.41, 5.74) is 0. The van der Waals surface area contributed by atoms with Gasteiger partial charge in [0, 0.05) is 13.1 Å². The number of piperidine rings is 1. The molecule has 0 bridgehead atoms. The molecule has 8 heteroatoms. The molecular weight excluding hydrogens is 255 g/mol. The Kier molecular flexibility index (Phi) is 4.94. The van der Waals surface area contributed by atoms with E-state index in [1.165, 1.54) is 0 Å². The summed E-state index contributed by atoms with van der Waals surface area (Å²) >= 11 is 0. The summed E-state index contributed by atoms with van der Waals surface area (Å²) in [6, 6.07) is 0. The zero-order valence-electron chi connectivity index (χ0n) is 9.57. The lowest BCUT2D eigenvalue weighted by atomic mass is 10.1. The molecule has 1 heterocycles. The normalized spacial score (nSPS) is 17.8. The van der Waals surface area contributed by atoms with E-state index in [1.54, 1.807) is 0 Å². The molecule has 1 N–H and O–H groups in total. The molecule has 0 aliphatic carbocycles. The third-order valence-corrected chi connectivity index (χ3v) is 2.64. The Morgan fingerprint density at radius 2 is 1.83 bits per heavy atom. The lowest BCUT2D eigenvalue weighted by Gasteiger charge is -2.32. The highest BCUT2D eigenvalue weighted by Crippen LogP contribution is 2.22. The fourth-order valence-electron chi connectivity index (χ4n) is 1.72. The highest BCUT2D eigenvalue weighted by molar-refractivity contribution is 5.81. The molecule has 1 fully saturated rings. The van der Waals surface area contributed by atoms with Crippen LogP contribution in [0, 0.1) is 0 Å². The van der Waals surface area contributed by atoms with Gasteiger partial charge in [-0.05, 0) is 12.8 Å². The molecular formula is C10H14F3NO4. The van der Waals surface area contributed by atoms with E-state index in [4.69, 9.17) is 9.84 Å². The first-order chi connectivity index (χ1) is 8.30. The number of ether oxygens (including phenoxy) is 1. The van der Waals surface area contributed by atoms with Crippen LogP contribution in [-0.4, -0.2) is 53.9 Å². The number of carbonyl (C=O) groups is 2. The Bertz CT molecular complexity index is 311. The second kappa shape index (κ2) is 6.03. The highest BCUT2D eigenvalue weighted by Gasteiger charge is 2.43. The second-order valence-corrected chi connectivity index (χ2v) is 4.00. The number of aliphatic carboxylic acids is 1. The van der Waals surface area contributed by atoms with E-state index in [0.29, 0.717) is 12.8 Å². The minimum atomic E-state index is -4.84. The number of amides is 1. The van der Waals surface area contributed by atoms with Gasteiger partial charge in [0.2, 0.25) is 0 Å². The van der Waals surface area contributed by atoms with Crippen LogP contribution in [-0.2, 0) is 14.3 Å². The maximum atomic E-state index is 12.1. The van der Waals surface area contributed by atoms with Gasteiger partial charge in [0.25, 0.3) is 0 Å². The number of hydrogen-bond donors (Lipinski definition) is 1. The average molecular weight is 269 g/mol. The monoisotopic (exact) mass is 269 g/mol. The lowest BCUT2D eigenvalue weighted by Crippen LogP contribution is -2.46. The number of carbonyl (C=O) groups excluding carboxylic acids is 1. The van der Waals surface area contributed by atoms with E-state index < -0.39 is 18.1 Å². The van der Waals surface area contributed by atoms with Crippen molar-refractivity contribution >= 4 is 11.9 Å². The Labute approximate surface area is 102 Å². The topological polar surface area (TPSA) is 66.8 Å². The third-order valence-electron chi connectivity index (χ3n) is 2.64. The molecule has 0 saturated carbocycles. The number of halogens is 3. The van der Waals surface area contributed by atoms with Crippen LogP contribution in [0.1, 0.15) is 19.3 Å². The quantitative estimate of drug-likeness (QED) is 0.827. The van der Waals surface area contributed by atoms with Crippen LogP contribution < -0.4 is 0 Å². The summed E-state index contributed by atoms with van der Waals surface area (Å²) in [6.07, 6.45) is -4.66. The summed E-state index contributed by atoms with van der Waals surface area (Å²) in [6.45, 7) is -0.000615. The van der Waals surface area contributed by atoms with Gasteiger partial charge >= 0.3 is 18.1 Å². The molecule has 1 aliphatic rings. The van der Waals surface area contributed by atoms with Crippen molar-refractivity contribution in [3.8, 4) is 0 Å². The zero-order chi connectivity index (χ0) is 13.8. The van der Waals surface area contributed by atoms with Crippen molar-refractivity contribution in [1.82, 2.24) is 4.90 Å². The Hall–Kier alpha value is -1.31. The molecule has 1 saturated heterocycles. The summed E-state index contributed by atoms with van der Waals surface area (Å²) in [7, 11) is 0. The predicted octanol–water partition coefficient (Wildman–Crippen LogP) is 1.03. The van der Waals surface area contributed by atoms with Crippen molar-refractivity contribution < 1.29 is 32.6 Å². The maximum absolute atomic E-state index is 12.1. The van der Waals surface area contributed by atoms with Gasteiger partial charge in [-0.1, -0.05) is 0 Å². The first-order valence-corrected chi connectivity index (χ1v) is 5.50. The SMILES string of the molecule is O=C(O)CCOC1CCN(C(=O)C(F)(F)F)CC1. The fraction of sp³-hybridized carbons (Fsp3) is 0.800. The van der Waals surface area contributed by atoms with Gasteiger partial charge in [0.05, 0.1) is 19.1 Å². The number of carboxylic acid groups (broad SMARTS) is 1. The van der Waals surface area contributed by atoms with Crippen molar-refractivity contribution in [3.05, 3.63) is 0 Å². The van der Waals surface area contributed by atoms with Crippen LogP contribution in [0.4, 0.5) is 13.2 Å². The predicted molar refractivity (Wildman–Crippen MR) is 53.9 cm³/mol. The number of rotatable bonds is 4. The molecule has 0 atom stereocenters. The first kappa shape index (κ1) is 14.7. The van der Waals surface area contributed by atoms with Crippen molar-refractivity contribution in [2.75, 3.05) is 19.7 Å². The molecule has 0 radical (unpaired) electrons. The molecule has 5 nitrogen and oxygen atoms in total. The van der Waals surface area contributed by atoms with Gasteiger partial charge in [-0.3, -0.25) is 9.59 Å². The lowest BCUT2D eigenvalue weighted by molar-refractivity contribution is -0.187. The minimum Gasteiger partial charge on any atom is -0.481 e. The van der Waals surface area contributed by atoms with Crippen LogP contribution in [0.5, 0.6) is 0 Å². The number of alkyl halides is 3. The van der Waals surface area contributed by atoms with Gasteiger partial charge < -0.3 is 14.7 Å².